The number of unbranched alkanes of at least 4 members (excludes halogenated alkanes) is 2. The topological polar surface area (TPSA) is 33.0 Å². The lowest BCUT2D eigenvalue weighted by molar-refractivity contribution is 0.530. The predicted molar refractivity (Wildman–Crippen MR) is 125 cm³/mol. The van der Waals surface area contributed by atoms with Crippen LogP contribution in [0.5, 0.6) is 0 Å². The Morgan fingerprint density at radius 3 is 1.86 bits per heavy atom. The van der Waals surface area contributed by atoms with Gasteiger partial charge < -0.3 is 4.12 Å². The van der Waals surface area contributed by atoms with Crippen LogP contribution in [0.15, 0.2) is 48.5 Å². The van der Waals surface area contributed by atoms with E-state index in [-0.39, 0.29) is 0 Å². The number of benzene rings is 2. The fraction of sp³-hybridized carbons (Fsp3) is 0.458. The molecule has 0 aromatic heterocycles. The van der Waals surface area contributed by atoms with Crippen molar-refractivity contribution in [1.82, 2.24) is 0 Å². The molecular weight excluding hydrogens is 374 g/mol. The van der Waals surface area contributed by atoms with Gasteiger partial charge in [0.1, 0.15) is 0 Å². The molecule has 0 aliphatic carbocycles. The molecule has 0 aliphatic heterocycles. The second-order valence-electron chi connectivity index (χ2n) is 8.96. The first kappa shape index (κ1) is 22.6. The maximum atomic E-state index is 8.93. The summed E-state index contributed by atoms with van der Waals surface area (Å²) in [6, 6.07) is 21.3. The molecule has 4 heteroatoms. The summed E-state index contributed by atoms with van der Waals surface area (Å²) in [6.07, 6.45) is 5.01. The lowest BCUT2D eigenvalue weighted by atomic mass is 10.0. The van der Waals surface area contributed by atoms with Crippen LogP contribution in [0.4, 0.5) is 0 Å². The van der Waals surface area contributed by atoms with E-state index in [4.69, 9.17) is 9.38 Å². The lowest BCUT2D eigenvalue weighted by Gasteiger charge is -2.34. The van der Waals surface area contributed by atoms with Crippen LogP contribution in [-0.2, 0) is 10.5 Å². The highest BCUT2D eigenvalue weighted by Gasteiger charge is 2.32. The fourth-order valence-electron chi connectivity index (χ4n) is 3.70. The quantitative estimate of drug-likeness (QED) is 0.303. The first-order valence-corrected chi connectivity index (χ1v) is 16.8. The molecule has 0 saturated heterocycles. The molecule has 2 nitrogen and oxygen atoms in total. The van der Waals surface area contributed by atoms with Gasteiger partial charge in [-0.25, -0.2) is 0 Å². The van der Waals surface area contributed by atoms with Crippen molar-refractivity contribution >= 4 is 16.6 Å². The van der Waals surface area contributed by atoms with E-state index in [0.29, 0.717) is 5.56 Å². The summed E-state index contributed by atoms with van der Waals surface area (Å²) < 4.78 is 6.76. The maximum Gasteiger partial charge on any atom is 0.173 e. The number of nitrogens with zero attached hydrogens (tertiary/aromatic N) is 1. The number of hydrogen-bond donors (Lipinski definition) is 0. The maximum absolute atomic E-state index is 8.93. The second-order valence-corrected chi connectivity index (χ2v) is 17.8. The Bertz CT molecular complexity index is 774. The summed E-state index contributed by atoms with van der Waals surface area (Å²) in [7, 11) is -3.17. The van der Waals surface area contributed by atoms with Gasteiger partial charge in [0.15, 0.2) is 16.6 Å². The molecule has 0 spiro atoms. The molecule has 0 unspecified atom stereocenters. The molecule has 0 radical (unpaired) electrons. The third-order valence-corrected chi connectivity index (χ3v) is 12.7. The Morgan fingerprint density at radius 1 is 0.786 bits per heavy atom. The Hall–Kier alpha value is -1.68. The number of aryl methyl sites for hydroxylation is 1. The molecule has 0 N–H and O–H groups in total. The zero-order valence-corrected chi connectivity index (χ0v) is 20.2. The third kappa shape index (κ3) is 7.39. The van der Waals surface area contributed by atoms with E-state index in [0.717, 1.165) is 12.0 Å². The van der Waals surface area contributed by atoms with Crippen LogP contribution in [0.1, 0.15) is 37.3 Å². The van der Waals surface area contributed by atoms with Crippen molar-refractivity contribution < 1.29 is 4.12 Å². The fourth-order valence-corrected chi connectivity index (χ4v) is 12.5. The van der Waals surface area contributed by atoms with E-state index >= 15 is 0 Å². The smallest absolute Gasteiger partial charge is 0.173 e. The molecule has 150 valence electrons. The van der Waals surface area contributed by atoms with Crippen LogP contribution < -0.4 is 0 Å². The molecule has 28 heavy (non-hydrogen) atoms. The van der Waals surface area contributed by atoms with E-state index in [9.17, 15) is 0 Å². The Labute approximate surface area is 173 Å². The zero-order chi connectivity index (χ0) is 20.6. The first-order chi connectivity index (χ1) is 13.2. The minimum Gasteiger partial charge on any atom is -0.455 e. The van der Waals surface area contributed by atoms with Gasteiger partial charge in [0.05, 0.1) is 11.6 Å². The van der Waals surface area contributed by atoms with Gasteiger partial charge in [0.25, 0.3) is 0 Å². The summed E-state index contributed by atoms with van der Waals surface area (Å²) in [6.45, 7) is 11.8. The van der Waals surface area contributed by atoms with Crippen molar-refractivity contribution in [3.63, 3.8) is 0 Å². The van der Waals surface area contributed by atoms with Gasteiger partial charge in [-0.2, -0.15) is 5.26 Å². The van der Waals surface area contributed by atoms with Gasteiger partial charge in [-0.1, -0.05) is 62.6 Å². The molecule has 0 heterocycles. The molecule has 0 amide bonds. The van der Waals surface area contributed by atoms with Crippen LogP contribution in [0, 0.1) is 11.3 Å². The molecule has 0 saturated carbocycles. The van der Waals surface area contributed by atoms with Crippen LogP contribution in [0.25, 0.3) is 11.1 Å². The van der Waals surface area contributed by atoms with Gasteiger partial charge >= 0.3 is 0 Å². The predicted octanol–water partition coefficient (Wildman–Crippen LogP) is 7.38. The van der Waals surface area contributed by atoms with Gasteiger partial charge in [0, 0.05) is 0 Å². The second kappa shape index (κ2) is 10.2. The largest absolute Gasteiger partial charge is 0.455 e. The molecule has 0 fully saturated rings. The van der Waals surface area contributed by atoms with Crippen LogP contribution >= 0.6 is 0 Å². The molecular formula is C24H35NOSi2. The number of rotatable bonds is 10. The van der Waals surface area contributed by atoms with Crippen molar-refractivity contribution in [2.24, 2.45) is 0 Å². The van der Waals surface area contributed by atoms with Crippen molar-refractivity contribution in [2.45, 2.75) is 70.9 Å². The van der Waals surface area contributed by atoms with E-state index in [1.165, 1.54) is 42.5 Å². The van der Waals surface area contributed by atoms with Gasteiger partial charge in [-0.15, -0.1) is 0 Å². The average molecular weight is 410 g/mol. The Morgan fingerprint density at radius 2 is 1.32 bits per heavy atom. The standard InChI is InChI=1S/C24H35NOSi2/c1-6-7-8-18-27(2,3)26-28(4,5)19-17-21-9-13-23(14-10-21)24-15-11-22(20-25)12-16-24/h9-16H,6-8,17-19H2,1-5H3. The van der Waals surface area contributed by atoms with Crippen LogP contribution in [0.2, 0.25) is 38.3 Å². The first-order valence-electron chi connectivity index (χ1n) is 10.5. The van der Waals surface area contributed by atoms with Crippen molar-refractivity contribution in [3.8, 4) is 17.2 Å². The summed E-state index contributed by atoms with van der Waals surface area (Å²) in [4.78, 5) is 0. The van der Waals surface area contributed by atoms with Gasteiger partial charge in [-0.05, 0) is 73.5 Å². The Kier molecular flexibility index (Phi) is 8.24. The molecule has 2 aromatic rings. The van der Waals surface area contributed by atoms with Crippen LogP contribution in [0.3, 0.4) is 0 Å². The van der Waals surface area contributed by atoms with E-state index in [2.05, 4.69) is 63.4 Å². The molecule has 0 bridgehead atoms. The monoisotopic (exact) mass is 409 g/mol. The minimum atomic E-state index is -1.64. The number of nitriles is 1. The summed E-state index contributed by atoms with van der Waals surface area (Å²) in [5.41, 5.74) is 4.44. The zero-order valence-electron chi connectivity index (χ0n) is 18.2. The third-order valence-electron chi connectivity index (χ3n) is 5.25. The number of hydrogen-bond acceptors (Lipinski definition) is 2. The summed E-state index contributed by atoms with van der Waals surface area (Å²) in [5.74, 6) is 0. The van der Waals surface area contributed by atoms with Crippen molar-refractivity contribution in [1.29, 1.82) is 5.26 Å². The van der Waals surface area contributed by atoms with E-state index in [1.54, 1.807) is 0 Å². The molecule has 2 aromatic carbocycles. The molecule has 2 rings (SSSR count). The van der Waals surface area contributed by atoms with Crippen molar-refractivity contribution in [2.75, 3.05) is 0 Å². The summed E-state index contributed by atoms with van der Waals surface area (Å²) in [5, 5.41) is 8.93. The van der Waals surface area contributed by atoms with Crippen molar-refractivity contribution in [3.05, 3.63) is 59.7 Å². The minimum absolute atomic E-state index is 0.703. The van der Waals surface area contributed by atoms with Gasteiger partial charge in [-0.3, -0.25) is 0 Å². The summed E-state index contributed by atoms with van der Waals surface area (Å²) >= 11 is 0. The average Bonchev–Trinajstić information content (AvgIpc) is 2.66. The highest BCUT2D eigenvalue weighted by Crippen LogP contribution is 2.26. The Balaban J connectivity index is 1.91. The van der Waals surface area contributed by atoms with Crippen LogP contribution in [-0.4, -0.2) is 16.6 Å². The normalized spacial score (nSPS) is 12.0. The molecule has 0 atom stereocenters. The molecule has 0 aliphatic rings. The highest BCUT2D eigenvalue weighted by atomic mass is 28.4. The SMILES string of the molecule is CCCCC[Si](C)(C)O[Si](C)(C)CCc1ccc(-c2ccc(C#N)cc2)cc1. The van der Waals surface area contributed by atoms with E-state index in [1.807, 2.05) is 24.3 Å². The highest BCUT2D eigenvalue weighted by molar-refractivity contribution is 6.84. The van der Waals surface area contributed by atoms with Gasteiger partial charge in [0.2, 0.25) is 0 Å². The lowest BCUT2D eigenvalue weighted by Crippen LogP contribution is -2.44. The van der Waals surface area contributed by atoms with E-state index < -0.39 is 16.6 Å².